The van der Waals surface area contributed by atoms with Crippen LogP contribution in [0.3, 0.4) is 0 Å². The number of nitrogens with zero attached hydrogens (tertiary/aromatic N) is 2. The molecule has 0 fully saturated rings. The second kappa shape index (κ2) is 3.80. The van der Waals surface area contributed by atoms with E-state index in [1.165, 1.54) is 5.52 Å². The molecule has 2 rings (SSSR count). The summed E-state index contributed by atoms with van der Waals surface area (Å²) >= 11 is 0. The predicted molar refractivity (Wildman–Crippen MR) is 56.1 cm³/mol. The number of rotatable bonds is 3. The lowest BCUT2D eigenvalue weighted by Crippen LogP contribution is -2.02. The summed E-state index contributed by atoms with van der Waals surface area (Å²) in [5.74, 6) is 0.996. The highest BCUT2D eigenvalue weighted by Crippen LogP contribution is 2.15. The Hall–Kier alpha value is -1.35. The Morgan fingerprint density at radius 2 is 2.14 bits per heavy atom. The van der Waals surface area contributed by atoms with Crippen LogP contribution in [0, 0.1) is 0 Å². The summed E-state index contributed by atoms with van der Waals surface area (Å²) in [5, 5.41) is 0. The molecule has 0 aliphatic carbocycles. The number of ether oxygens (including phenoxy) is 1. The highest BCUT2D eigenvalue weighted by Gasteiger charge is 2.07. The quantitative estimate of drug-likeness (QED) is 0.742. The fourth-order valence-electron chi connectivity index (χ4n) is 1.72. The monoisotopic (exact) mass is 190 g/mol. The molecule has 0 unspecified atom stereocenters. The Bertz CT molecular complexity index is 434. The molecule has 0 N–H and O–H groups in total. The smallest absolute Gasteiger partial charge is 0.135 e. The van der Waals surface area contributed by atoms with Gasteiger partial charge in [-0.15, -0.1) is 0 Å². The van der Waals surface area contributed by atoms with Crippen LogP contribution >= 0.6 is 0 Å². The second-order valence-corrected chi connectivity index (χ2v) is 3.19. The van der Waals surface area contributed by atoms with E-state index in [2.05, 4.69) is 22.5 Å². The fourth-order valence-corrected chi connectivity index (χ4v) is 1.72. The topological polar surface area (TPSA) is 27.1 Å². The molecule has 0 aliphatic rings. The van der Waals surface area contributed by atoms with Crippen LogP contribution in [0.4, 0.5) is 0 Å². The molecule has 0 saturated heterocycles. The number of aromatic nitrogens is 2. The molecule has 3 nitrogen and oxygen atoms in total. The maximum Gasteiger partial charge on any atom is 0.135 e. The van der Waals surface area contributed by atoms with E-state index in [1.54, 1.807) is 7.11 Å². The van der Waals surface area contributed by atoms with Crippen LogP contribution in [0.1, 0.15) is 12.7 Å². The normalized spacial score (nSPS) is 11.0. The van der Waals surface area contributed by atoms with Crippen LogP contribution in [0.5, 0.6) is 0 Å². The third-order valence-corrected chi connectivity index (χ3v) is 2.32. The summed E-state index contributed by atoms with van der Waals surface area (Å²) in [6.07, 6.45) is 0. The number of hydrogen-bond acceptors (Lipinski definition) is 2. The van der Waals surface area contributed by atoms with Gasteiger partial charge in [0.2, 0.25) is 0 Å². The molecule has 0 bridgehead atoms. The van der Waals surface area contributed by atoms with Gasteiger partial charge in [-0.2, -0.15) is 0 Å². The summed E-state index contributed by atoms with van der Waals surface area (Å²) < 4.78 is 7.30. The van der Waals surface area contributed by atoms with Crippen LogP contribution in [-0.4, -0.2) is 16.7 Å². The van der Waals surface area contributed by atoms with Crippen molar-refractivity contribution >= 4 is 11.0 Å². The zero-order chi connectivity index (χ0) is 9.97. The highest BCUT2D eigenvalue weighted by atomic mass is 16.5. The average Bonchev–Trinajstić information content (AvgIpc) is 2.55. The van der Waals surface area contributed by atoms with Crippen molar-refractivity contribution in [2.45, 2.75) is 20.1 Å². The van der Waals surface area contributed by atoms with Gasteiger partial charge in [-0.05, 0) is 19.1 Å². The minimum Gasteiger partial charge on any atom is -0.377 e. The lowest BCUT2D eigenvalue weighted by Gasteiger charge is -2.03. The predicted octanol–water partition coefficient (Wildman–Crippen LogP) is 2.20. The number of hydrogen-bond donors (Lipinski definition) is 0. The first kappa shape index (κ1) is 9.21. The van der Waals surface area contributed by atoms with Gasteiger partial charge in [0.1, 0.15) is 12.4 Å². The van der Waals surface area contributed by atoms with E-state index in [1.807, 2.05) is 18.2 Å². The lowest BCUT2D eigenvalue weighted by molar-refractivity contribution is 0.175. The van der Waals surface area contributed by atoms with Crippen LogP contribution in [0.15, 0.2) is 24.3 Å². The standard InChI is InChI=1S/C11H14N2O/c1-3-13-10-7-5-4-6-9(10)12-11(13)8-14-2/h4-7H,3,8H2,1-2H3. The zero-order valence-electron chi connectivity index (χ0n) is 8.53. The molecule has 14 heavy (non-hydrogen) atoms. The van der Waals surface area contributed by atoms with Gasteiger partial charge in [-0.1, -0.05) is 12.1 Å². The van der Waals surface area contributed by atoms with Crippen LogP contribution in [0.25, 0.3) is 11.0 Å². The maximum atomic E-state index is 5.12. The van der Waals surface area contributed by atoms with Crippen molar-refractivity contribution in [2.24, 2.45) is 0 Å². The first-order valence-corrected chi connectivity index (χ1v) is 4.80. The van der Waals surface area contributed by atoms with Crippen LogP contribution < -0.4 is 0 Å². The van der Waals surface area contributed by atoms with E-state index in [0.29, 0.717) is 6.61 Å². The molecule has 1 aromatic heterocycles. The second-order valence-electron chi connectivity index (χ2n) is 3.19. The summed E-state index contributed by atoms with van der Waals surface area (Å²) in [6, 6.07) is 8.16. The Kier molecular flexibility index (Phi) is 2.50. The van der Waals surface area contributed by atoms with Gasteiger partial charge in [0.15, 0.2) is 0 Å². The van der Waals surface area contributed by atoms with Gasteiger partial charge >= 0.3 is 0 Å². The molecule has 0 spiro atoms. The molecule has 0 aliphatic heterocycles. The van der Waals surface area contributed by atoms with Gasteiger partial charge in [0.25, 0.3) is 0 Å². The Balaban J connectivity index is 2.60. The zero-order valence-corrected chi connectivity index (χ0v) is 8.53. The summed E-state index contributed by atoms with van der Waals surface area (Å²) in [5.41, 5.74) is 2.23. The molecular formula is C11H14N2O. The van der Waals surface area contributed by atoms with Gasteiger partial charge < -0.3 is 9.30 Å². The number of methoxy groups -OCH3 is 1. The molecule has 1 heterocycles. The van der Waals surface area contributed by atoms with Gasteiger partial charge in [-0.3, -0.25) is 0 Å². The summed E-state index contributed by atoms with van der Waals surface area (Å²) in [4.78, 5) is 4.51. The third kappa shape index (κ3) is 1.40. The molecule has 0 amide bonds. The molecule has 74 valence electrons. The summed E-state index contributed by atoms with van der Waals surface area (Å²) in [7, 11) is 1.69. The van der Waals surface area contributed by atoms with E-state index in [4.69, 9.17) is 4.74 Å². The van der Waals surface area contributed by atoms with E-state index in [0.717, 1.165) is 17.9 Å². The van der Waals surface area contributed by atoms with Gasteiger partial charge in [0.05, 0.1) is 11.0 Å². The van der Waals surface area contributed by atoms with E-state index < -0.39 is 0 Å². The van der Waals surface area contributed by atoms with Crippen LogP contribution in [0.2, 0.25) is 0 Å². The number of aryl methyl sites for hydroxylation is 1. The largest absolute Gasteiger partial charge is 0.377 e. The summed E-state index contributed by atoms with van der Waals surface area (Å²) in [6.45, 7) is 3.62. The number of para-hydroxylation sites is 2. The van der Waals surface area contributed by atoms with Crippen LogP contribution in [-0.2, 0) is 17.9 Å². The van der Waals surface area contributed by atoms with Gasteiger partial charge in [0, 0.05) is 13.7 Å². The molecule has 0 saturated carbocycles. The first-order valence-electron chi connectivity index (χ1n) is 4.80. The molecule has 1 aromatic carbocycles. The Morgan fingerprint density at radius 1 is 1.36 bits per heavy atom. The minimum absolute atomic E-state index is 0.572. The van der Waals surface area contributed by atoms with E-state index in [9.17, 15) is 0 Å². The molecule has 0 radical (unpaired) electrons. The van der Waals surface area contributed by atoms with E-state index in [-0.39, 0.29) is 0 Å². The molecule has 2 aromatic rings. The minimum atomic E-state index is 0.572. The Labute approximate surface area is 83.3 Å². The van der Waals surface area contributed by atoms with E-state index >= 15 is 0 Å². The van der Waals surface area contributed by atoms with Crippen molar-refractivity contribution in [1.82, 2.24) is 9.55 Å². The lowest BCUT2D eigenvalue weighted by atomic mass is 10.3. The maximum absolute atomic E-state index is 5.12. The van der Waals surface area contributed by atoms with Crippen molar-refractivity contribution < 1.29 is 4.74 Å². The number of fused-ring (bicyclic) bond motifs is 1. The first-order chi connectivity index (χ1) is 6.86. The van der Waals surface area contributed by atoms with Crippen molar-refractivity contribution in [2.75, 3.05) is 7.11 Å². The average molecular weight is 190 g/mol. The molecule has 0 atom stereocenters. The number of benzene rings is 1. The fraction of sp³-hybridized carbons (Fsp3) is 0.364. The van der Waals surface area contributed by atoms with Gasteiger partial charge in [-0.25, -0.2) is 4.98 Å². The van der Waals surface area contributed by atoms with Crippen molar-refractivity contribution in [3.05, 3.63) is 30.1 Å². The van der Waals surface area contributed by atoms with Crippen molar-refractivity contribution in [3.63, 3.8) is 0 Å². The van der Waals surface area contributed by atoms with Crippen molar-refractivity contribution in [1.29, 1.82) is 0 Å². The number of imidazole rings is 1. The third-order valence-electron chi connectivity index (χ3n) is 2.32. The Morgan fingerprint density at radius 3 is 2.86 bits per heavy atom. The molecular weight excluding hydrogens is 176 g/mol. The highest BCUT2D eigenvalue weighted by molar-refractivity contribution is 5.75. The molecule has 3 heteroatoms. The van der Waals surface area contributed by atoms with Crippen molar-refractivity contribution in [3.8, 4) is 0 Å². The SMILES string of the molecule is CCn1c(COC)nc2ccccc21.